The molecule has 2 atom stereocenters. The van der Waals surface area contributed by atoms with Gasteiger partial charge in [0.1, 0.15) is 0 Å². The molecular formula is C26H30N4Na2O8. The molecule has 2 aromatic rings. The first-order chi connectivity index (χ1) is 18.0. The molecule has 4 amide bonds. The first-order valence-corrected chi connectivity index (χ1v) is 11.6. The predicted molar refractivity (Wildman–Crippen MR) is 131 cm³/mol. The molecule has 14 heteroatoms. The summed E-state index contributed by atoms with van der Waals surface area (Å²) >= 11 is 0. The van der Waals surface area contributed by atoms with Crippen LogP contribution in [0.15, 0.2) is 60.7 Å². The molecule has 0 radical (unpaired) electrons. The number of benzene rings is 2. The van der Waals surface area contributed by atoms with Gasteiger partial charge in [0.2, 0.25) is 23.6 Å². The number of hydrogen-bond donors (Lipinski definition) is 4. The summed E-state index contributed by atoms with van der Waals surface area (Å²) in [6, 6.07) is 15.4. The van der Waals surface area contributed by atoms with E-state index in [9.17, 15) is 39.0 Å². The third-order valence-electron chi connectivity index (χ3n) is 5.01. The first-order valence-electron chi connectivity index (χ1n) is 11.6. The summed E-state index contributed by atoms with van der Waals surface area (Å²) in [6.07, 6.45) is -0.243. The fourth-order valence-corrected chi connectivity index (χ4v) is 3.12. The second kappa shape index (κ2) is 22.0. The number of carbonyl (C=O) groups is 6. The average molecular weight is 573 g/mol. The van der Waals surface area contributed by atoms with Crippen molar-refractivity contribution in [2.24, 2.45) is 11.5 Å². The second-order valence-electron chi connectivity index (χ2n) is 8.21. The van der Waals surface area contributed by atoms with Crippen LogP contribution in [0.3, 0.4) is 0 Å². The van der Waals surface area contributed by atoms with Crippen LogP contribution in [-0.2, 0) is 41.6 Å². The van der Waals surface area contributed by atoms with Crippen molar-refractivity contribution in [3.63, 3.8) is 0 Å². The summed E-state index contributed by atoms with van der Waals surface area (Å²) in [5, 5.41) is 26.3. The molecule has 0 heterocycles. The predicted octanol–water partition coefficient (Wildman–Crippen LogP) is -8.53. The number of nitrogens with one attached hydrogen (secondary N) is 2. The number of carboxylic acid groups (broad SMARTS) is 2. The molecule has 2 unspecified atom stereocenters. The van der Waals surface area contributed by atoms with Gasteiger partial charge < -0.3 is 41.9 Å². The Hall–Kier alpha value is -2.74. The normalized spacial score (nSPS) is 11.0. The molecule has 0 bridgehead atoms. The Kier molecular flexibility index (Phi) is 21.7. The number of hydrogen-bond acceptors (Lipinski definition) is 8. The quantitative estimate of drug-likeness (QED) is 0.159. The van der Waals surface area contributed by atoms with Crippen molar-refractivity contribution in [2.75, 3.05) is 0 Å². The summed E-state index contributed by atoms with van der Waals surface area (Å²) in [7, 11) is 0. The Labute approximate surface area is 276 Å². The van der Waals surface area contributed by atoms with E-state index in [2.05, 4.69) is 10.6 Å². The van der Waals surface area contributed by atoms with Gasteiger partial charge >= 0.3 is 59.1 Å². The number of carbonyl (C=O) groups excluding carboxylic acids is 6. The maximum atomic E-state index is 11.7. The van der Waals surface area contributed by atoms with Crippen molar-refractivity contribution in [1.82, 2.24) is 10.6 Å². The van der Waals surface area contributed by atoms with Crippen molar-refractivity contribution in [1.29, 1.82) is 0 Å². The summed E-state index contributed by atoms with van der Waals surface area (Å²) in [5.74, 6) is -4.98. The van der Waals surface area contributed by atoms with E-state index in [1.807, 2.05) is 12.1 Å². The van der Waals surface area contributed by atoms with Crippen molar-refractivity contribution in [3.05, 3.63) is 71.8 Å². The van der Waals surface area contributed by atoms with Crippen molar-refractivity contribution in [2.45, 2.75) is 50.6 Å². The monoisotopic (exact) mass is 572 g/mol. The number of carboxylic acids is 2. The summed E-state index contributed by atoms with van der Waals surface area (Å²) in [4.78, 5) is 66.1. The average Bonchev–Trinajstić information content (AvgIpc) is 2.85. The summed E-state index contributed by atoms with van der Waals surface area (Å²) in [5.41, 5.74) is 11.4. The van der Waals surface area contributed by atoms with Gasteiger partial charge in [0.05, 0.1) is 36.9 Å². The van der Waals surface area contributed by atoms with E-state index in [0.717, 1.165) is 11.1 Å². The van der Waals surface area contributed by atoms with Gasteiger partial charge in [0.15, 0.2) is 0 Å². The van der Waals surface area contributed by atoms with Gasteiger partial charge in [-0.05, 0) is 24.0 Å². The minimum absolute atomic E-state index is 0. The molecule has 2 aromatic carbocycles. The van der Waals surface area contributed by atoms with E-state index >= 15 is 0 Å². The van der Waals surface area contributed by atoms with Crippen molar-refractivity contribution in [3.8, 4) is 0 Å². The summed E-state index contributed by atoms with van der Waals surface area (Å²) in [6.45, 7) is 0. The number of amides is 4. The number of primary amides is 2. The first kappa shape index (κ1) is 39.4. The molecule has 40 heavy (non-hydrogen) atoms. The van der Waals surface area contributed by atoms with Crippen LogP contribution < -0.4 is 91.4 Å². The van der Waals surface area contributed by atoms with Crippen LogP contribution in [0.4, 0.5) is 0 Å². The minimum atomic E-state index is -1.43. The van der Waals surface area contributed by atoms with E-state index in [4.69, 9.17) is 11.5 Å². The number of rotatable bonds is 14. The molecule has 204 valence electrons. The molecule has 0 aliphatic carbocycles. The molecule has 0 spiro atoms. The van der Waals surface area contributed by atoms with Crippen LogP contribution in [0.5, 0.6) is 0 Å². The van der Waals surface area contributed by atoms with Gasteiger partial charge in [-0.1, -0.05) is 60.7 Å². The third kappa shape index (κ3) is 18.5. The fraction of sp³-hybridized carbons (Fsp3) is 0.308. The molecular weight excluding hydrogens is 542 g/mol. The third-order valence-corrected chi connectivity index (χ3v) is 5.01. The van der Waals surface area contributed by atoms with Crippen LogP contribution >= 0.6 is 0 Å². The Morgan fingerprint density at radius 2 is 0.900 bits per heavy atom. The van der Waals surface area contributed by atoms with Gasteiger partial charge in [-0.3, -0.25) is 19.2 Å². The minimum Gasteiger partial charge on any atom is -0.548 e. The van der Waals surface area contributed by atoms with E-state index in [-0.39, 0.29) is 97.6 Å². The van der Waals surface area contributed by atoms with Crippen LogP contribution in [-0.4, -0.2) is 47.7 Å². The zero-order valence-electron chi connectivity index (χ0n) is 22.6. The topological polar surface area (TPSA) is 225 Å². The Morgan fingerprint density at radius 3 is 1.15 bits per heavy atom. The molecule has 0 saturated carbocycles. The molecule has 12 nitrogen and oxygen atoms in total. The molecule has 2 rings (SSSR count). The smallest absolute Gasteiger partial charge is 0.548 e. The maximum absolute atomic E-state index is 11.7. The largest absolute Gasteiger partial charge is 1.00 e. The van der Waals surface area contributed by atoms with Crippen LogP contribution in [0.25, 0.3) is 0 Å². The zero-order valence-corrected chi connectivity index (χ0v) is 26.6. The molecule has 0 fully saturated rings. The van der Waals surface area contributed by atoms with Crippen LogP contribution in [0, 0.1) is 0 Å². The second-order valence-corrected chi connectivity index (χ2v) is 8.21. The standard InChI is InChI=1S/2C13H16N2O4.2Na/c2*14-11(16)7-6-10(13(18)19)15-12(17)8-9-4-2-1-3-5-9;;/h2*1-5,10H,6-8H2,(H2,14,16)(H,15,17)(H,18,19);;/q;;2*+1/p-2. The van der Waals surface area contributed by atoms with Gasteiger partial charge in [0, 0.05) is 12.8 Å². The van der Waals surface area contributed by atoms with E-state index in [1.165, 1.54) is 0 Å². The molecule has 0 aliphatic rings. The van der Waals surface area contributed by atoms with Crippen molar-refractivity contribution >= 4 is 35.6 Å². The molecule has 0 aromatic heterocycles. The van der Waals surface area contributed by atoms with Gasteiger partial charge in [0.25, 0.3) is 0 Å². The van der Waals surface area contributed by atoms with Gasteiger partial charge in [-0.2, -0.15) is 0 Å². The number of aliphatic carboxylic acids is 2. The Balaban J connectivity index is 0. The number of nitrogens with two attached hydrogens (primary N) is 2. The van der Waals surface area contributed by atoms with E-state index in [1.54, 1.807) is 48.5 Å². The maximum Gasteiger partial charge on any atom is 1.00 e. The molecule has 0 aliphatic heterocycles. The van der Waals surface area contributed by atoms with E-state index in [0.29, 0.717) is 0 Å². The molecule has 0 saturated heterocycles. The SMILES string of the molecule is NC(=O)CCC(NC(=O)Cc1ccccc1)C(=O)[O-].NC(=O)CCC(NC(=O)Cc1ccccc1)C(=O)[O-].[Na+].[Na+]. The Morgan fingerprint density at radius 1 is 0.600 bits per heavy atom. The molecule has 6 N–H and O–H groups in total. The zero-order chi connectivity index (χ0) is 28.5. The fourth-order valence-electron chi connectivity index (χ4n) is 3.12. The van der Waals surface area contributed by atoms with Crippen LogP contribution in [0.2, 0.25) is 0 Å². The van der Waals surface area contributed by atoms with Gasteiger partial charge in [-0.15, -0.1) is 0 Å². The van der Waals surface area contributed by atoms with Crippen molar-refractivity contribution < 1.29 is 98.1 Å². The van der Waals surface area contributed by atoms with Crippen LogP contribution in [0.1, 0.15) is 36.8 Å². The van der Waals surface area contributed by atoms with Gasteiger partial charge in [-0.25, -0.2) is 0 Å². The Bertz CT molecular complexity index is 1020. The van der Waals surface area contributed by atoms with E-state index < -0.39 is 47.7 Å². The summed E-state index contributed by atoms with van der Waals surface area (Å²) < 4.78 is 0.